The van der Waals surface area contributed by atoms with E-state index in [9.17, 15) is 10.1 Å². The molecule has 0 amide bonds. The Kier molecular flexibility index (Phi) is 5.52. The highest BCUT2D eigenvalue weighted by Gasteiger charge is 2.12. The summed E-state index contributed by atoms with van der Waals surface area (Å²) >= 11 is 5.83. The molecule has 3 heteroatoms. The number of aryl methyl sites for hydroxylation is 1. The molecule has 0 aliphatic heterocycles. The standard InChI is InChI=1S/C19H16ClNO/c1-2-3-14-4-8-16(9-5-14)19(22)17(13-21)12-15-6-10-18(20)11-7-15/h4-12H,2-3H2,1H3/b17-12-. The molecule has 0 heterocycles. The SMILES string of the molecule is CCCc1ccc(C(=O)/C(C#N)=C\c2ccc(Cl)cc2)cc1. The second kappa shape index (κ2) is 7.59. The van der Waals surface area contributed by atoms with Crippen LogP contribution in [0.5, 0.6) is 0 Å². The molecule has 22 heavy (non-hydrogen) atoms. The Morgan fingerprint density at radius 3 is 2.32 bits per heavy atom. The van der Waals surface area contributed by atoms with Crippen LogP contribution in [0.4, 0.5) is 0 Å². The fourth-order valence-electron chi connectivity index (χ4n) is 2.14. The van der Waals surface area contributed by atoms with Crippen LogP contribution in [-0.2, 0) is 6.42 Å². The number of allylic oxidation sites excluding steroid dienone is 1. The van der Waals surface area contributed by atoms with Gasteiger partial charge in [-0.3, -0.25) is 4.79 Å². The summed E-state index contributed by atoms with van der Waals surface area (Å²) in [4.78, 5) is 12.4. The van der Waals surface area contributed by atoms with E-state index in [1.54, 1.807) is 42.5 Å². The first-order chi connectivity index (χ1) is 10.6. The lowest BCUT2D eigenvalue weighted by Gasteiger charge is -2.02. The second-order valence-electron chi connectivity index (χ2n) is 5.00. The number of benzene rings is 2. The van der Waals surface area contributed by atoms with Gasteiger partial charge in [-0.25, -0.2) is 0 Å². The zero-order valence-corrected chi connectivity index (χ0v) is 13.1. The molecule has 0 saturated heterocycles. The highest BCUT2D eigenvalue weighted by Crippen LogP contribution is 2.16. The summed E-state index contributed by atoms with van der Waals surface area (Å²) < 4.78 is 0. The predicted octanol–water partition coefficient (Wildman–Crippen LogP) is 5.08. The van der Waals surface area contributed by atoms with Gasteiger partial charge in [0.1, 0.15) is 11.6 Å². The van der Waals surface area contributed by atoms with Gasteiger partial charge in [-0.1, -0.05) is 61.3 Å². The number of halogens is 1. The first-order valence-electron chi connectivity index (χ1n) is 7.15. The minimum absolute atomic E-state index is 0.116. The van der Waals surface area contributed by atoms with Crippen LogP contribution in [0.25, 0.3) is 6.08 Å². The third-order valence-corrected chi connectivity index (χ3v) is 3.55. The molecule has 0 radical (unpaired) electrons. The van der Waals surface area contributed by atoms with Gasteiger partial charge in [-0.15, -0.1) is 0 Å². The van der Waals surface area contributed by atoms with E-state index in [0.717, 1.165) is 18.4 Å². The van der Waals surface area contributed by atoms with E-state index in [0.29, 0.717) is 10.6 Å². The molecule has 2 aromatic carbocycles. The van der Waals surface area contributed by atoms with Gasteiger partial charge >= 0.3 is 0 Å². The Labute approximate surface area is 135 Å². The predicted molar refractivity (Wildman–Crippen MR) is 89.8 cm³/mol. The summed E-state index contributed by atoms with van der Waals surface area (Å²) in [7, 11) is 0. The number of nitrogens with zero attached hydrogens (tertiary/aromatic N) is 1. The van der Waals surface area contributed by atoms with E-state index in [4.69, 9.17) is 11.6 Å². The molecule has 0 N–H and O–H groups in total. The molecule has 0 saturated carbocycles. The summed E-state index contributed by atoms with van der Waals surface area (Å²) in [5, 5.41) is 9.87. The molecular weight excluding hydrogens is 294 g/mol. The topological polar surface area (TPSA) is 40.9 Å². The highest BCUT2D eigenvalue weighted by molar-refractivity contribution is 6.30. The first kappa shape index (κ1) is 16.0. The van der Waals surface area contributed by atoms with Crippen molar-refractivity contribution in [2.45, 2.75) is 19.8 Å². The third-order valence-electron chi connectivity index (χ3n) is 3.30. The van der Waals surface area contributed by atoms with Gasteiger partial charge in [0, 0.05) is 10.6 Å². The molecule has 0 aliphatic rings. The number of carbonyl (C=O) groups excluding carboxylic acids is 1. The van der Waals surface area contributed by atoms with Gasteiger partial charge in [-0.2, -0.15) is 5.26 Å². The molecule has 110 valence electrons. The molecule has 0 unspecified atom stereocenters. The lowest BCUT2D eigenvalue weighted by Crippen LogP contribution is -2.02. The molecule has 2 nitrogen and oxygen atoms in total. The van der Waals surface area contributed by atoms with Crippen LogP contribution in [0, 0.1) is 11.3 Å². The van der Waals surface area contributed by atoms with Crippen molar-refractivity contribution in [1.29, 1.82) is 5.26 Å². The number of ketones is 1. The average Bonchev–Trinajstić information content (AvgIpc) is 2.55. The Morgan fingerprint density at radius 2 is 1.77 bits per heavy atom. The minimum atomic E-state index is -0.263. The van der Waals surface area contributed by atoms with Crippen molar-refractivity contribution in [1.82, 2.24) is 0 Å². The lowest BCUT2D eigenvalue weighted by atomic mass is 10.00. The Balaban J connectivity index is 2.25. The quantitative estimate of drug-likeness (QED) is 0.439. The van der Waals surface area contributed by atoms with Gasteiger partial charge in [0.25, 0.3) is 0 Å². The molecule has 0 bridgehead atoms. The van der Waals surface area contributed by atoms with E-state index in [1.165, 1.54) is 5.56 Å². The smallest absolute Gasteiger partial charge is 0.203 e. The van der Waals surface area contributed by atoms with E-state index in [2.05, 4.69) is 6.92 Å². The molecule has 0 fully saturated rings. The maximum absolute atomic E-state index is 12.4. The summed E-state index contributed by atoms with van der Waals surface area (Å²) in [6.07, 6.45) is 3.63. The molecule has 0 atom stereocenters. The van der Waals surface area contributed by atoms with Crippen molar-refractivity contribution in [2.24, 2.45) is 0 Å². The van der Waals surface area contributed by atoms with E-state index in [1.807, 2.05) is 18.2 Å². The molecular formula is C19H16ClNO. The summed E-state index contributed by atoms with van der Waals surface area (Å²) in [6, 6.07) is 16.4. The van der Waals surface area contributed by atoms with Crippen molar-refractivity contribution < 1.29 is 4.79 Å². The van der Waals surface area contributed by atoms with Gasteiger partial charge in [0.05, 0.1) is 0 Å². The van der Waals surface area contributed by atoms with Crippen LogP contribution < -0.4 is 0 Å². The Bertz CT molecular complexity index is 722. The number of hydrogen-bond donors (Lipinski definition) is 0. The van der Waals surface area contributed by atoms with E-state index in [-0.39, 0.29) is 11.4 Å². The van der Waals surface area contributed by atoms with Gasteiger partial charge in [0.2, 0.25) is 5.78 Å². The normalized spacial score (nSPS) is 11.0. The maximum atomic E-state index is 12.4. The largest absolute Gasteiger partial charge is 0.288 e. The van der Waals surface area contributed by atoms with E-state index < -0.39 is 0 Å². The van der Waals surface area contributed by atoms with Crippen LogP contribution in [-0.4, -0.2) is 5.78 Å². The van der Waals surface area contributed by atoms with Crippen molar-refractivity contribution in [3.05, 3.63) is 75.8 Å². The number of Topliss-reactive ketones (excluding diaryl/α,β-unsaturated/α-hetero) is 1. The number of hydrogen-bond acceptors (Lipinski definition) is 2. The molecule has 0 aliphatic carbocycles. The third kappa shape index (κ3) is 4.07. The number of nitriles is 1. The second-order valence-corrected chi connectivity index (χ2v) is 5.43. The first-order valence-corrected chi connectivity index (χ1v) is 7.53. The van der Waals surface area contributed by atoms with Gasteiger partial charge < -0.3 is 0 Å². The van der Waals surface area contributed by atoms with Crippen molar-refractivity contribution in [3.63, 3.8) is 0 Å². The molecule has 0 aromatic heterocycles. The minimum Gasteiger partial charge on any atom is -0.288 e. The fraction of sp³-hybridized carbons (Fsp3) is 0.158. The van der Waals surface area contributed by atoms with Crippen molar-refractivity contribution >= 4 is 23.5 Å². The van der Waals surface area contributed by atoms with Crippen LogP contribution in [0.1, 0.15) is 34.8 Å². The summed E-state index contributed by atoms with van der Waals surface area (Å²) in [5.74, 6) is -0.263. The average molecular weight is 310 g/mol. The fourth-order valence-corrected chi connectivity index (χ4v) is 2.27. The molecule has 0 spiro atoms. The Hall–Kier alpha value is -2.37. The van der Waals surface area contributed by atoms with Gasteiger partial charge in [-0.05, 0) is 35.8 Å². The summed E-state index contributed by atoms with van der Waals surface area (Å²) in [6.45, 7) is 2.11. The summed E-state index contributed by atoms with van der Waals surface area (Å²) in [5.41, 5.74) is 2.61. The lowest BCUT2D eigenvalue weighted by molar-refractivity contribution is 0.104. The van der Waals surface area contributed by atoms with Crippen LogP contribution in [0.15, 0.2) is 54.1 Å². The number of rotatable bonds is 5. The zero-order chi connectivity index (χ0) is 15.9. The zero-order valence-electron chi connectivity index (χ0n) is 12.3. The molecule has 2 rings (SSSR count). The monoisotopic (exact) mass is 309 g/mol. The van der Waals surface area contributed by atoms with Crippen molar-refractivity contribution in [3.8, 4) is 6.07 Å². The Morgan fingerprint density at radius 1 is 1.14 bits per heavy atom. The highest BCUT2D eigenvalue weighted by atomic mass is 35.5. The van der Waals surface area contributed by atoms with Gasteiger partial charge in [0.15, 0.2) is 0 Å². The van der Waals surface area contributed by atoms with E-state index >= 15 is 0 Å². The van der Waals surface area contributed by atoms with Crippen molar-refractivity contribution in [2.75, 3.05) is 0 Å². The molecule has 2 aromatic rings. The van der Waals surface area contributed by atoms with Crippen LogP contribution in [0.3, 0.4) is 0 Å². The van der Waals surface area contributed by atoms with Crippen LogP contribution in [0.2, 0.25) is 5.02 Å². The number of carbonyl (C=O) groups is 1. The van der Waals surface area contributed by atoms with Crippen LogP contribution >= 0.6 is 11.6 Å². The maximum Gasteiger partial charge on any atom is 0.203 e.